The van der Waals surface area contributed by atoms with Crippen molar-refractivity contribution in [1.82, 2.24) is 0 Å². The predicted molar refractivity (Wildman–Crippen MR) is 150 cm³/mol. The van der Waals surface area contributed by atoms with Gasteiger partial charge in [0, 0.05) is 22.2 Å². The molecule has 15 heteroatoms. The van der Waals surface area contributed by atoms with E-state index in [-0.39, 0.29) is 11.1 Å². The van der Waals surface area contributed by atoms with Crippen LogP contribution in [0, 0.1) is 13.8 Å². The number of rotatable bonds is 8. The van der Waals surface area contributed by atoms with Gasteiger partial charge in [0.25, 0.3) is 0 Å². The summed E-state index contributed by atoms with van der Waals surface area (Å²) in [7, 11) is 2.88. The average Bonchev–Trinajstić information content (AvgIpc) is 2.99. The fourth-order valence-corrected chi connectivity index (χ4v) is 5.67. The largest absolute Gasteiger partial charge is 0.497 e. The normalized spacial score (nSPS) is 32.6. The molecule has 15 nitrogen and oxygen atoms in total. The van der Waals surface area contributed by atoms with Gasteiger partial charge in [-0.3, -0.25) is 0 Å². The number of ether oxygens (including phenoxy) is 6. The lowest BCUT2D eigenvalue weighted by molar-refractivity contribution is -0.323. The molecule has 3 heterocycles. The van der Waals surface area contributed by atoms with Crippen molar-refractivity contribution in [1.29, 1.82) is 0 Å². The average molecular weight is 625 g/mol. The van der Waals surface area contributed by atoms with Crippen LogP contribution >= 0.6 is 0 Å². The molecule has 0 bridgehead atoms. The second kappa shape index (κ2) is 12.7. The molecule has 10 atom stereocenters. The van der Waals surface area contributed by atoms with Gasteiger partial charge in [-0.1, -0.05) is 0 Å². The highest BCUT2D eigenvalue weighted by Gasteiger charge is 2.48. The highest BCUT2D eigenvalue weighted by atomic mass is 16.7. The molecule has 0 amide bonds. The van der Waals surface area contributed by atoms with E-state index in [0.717, 1.165) is 0 Å². The van der Waals surface area contributed by atoms with Crippen molar-refractivity contribution in [2.75, 3.05) is 27.4 Å². The summed E-state index contributed by atoms with van der Waals surface area (Å²) in [5, 5.41) is 73.5. The molecule has 0 aliphatic carbocycles. The lowest BCUT2D eigenvalue weighted by Gasteiger charge is -2.42. The Balaban J connectivity index is 1.48. The summed E-state index contributed by atoms with van der Waals surface area (Å²) in [5.41, 5.74) is -0.132. The lowest BCUT2D eigenvalue weighted by atomic mass is 9.96. The molecule has 7 N–H and O–H groups in total. The molecule has 1 aromatic heterocycles. The number of aliphatic hydroxyl groups is 7. The Morgan fingerprint density at radius 1 is 0.750 bits per heavy atom. The van der Waals surface area contributed by atoms with Gasteiger partial charge in [-0.05, 0) is 31.5 Å². The summed E-state index contributed by atoms with van der Waals surface area (Å²) in [6.45, 7) is 2.11. The number of hydrogen-bond acceptors (Lipinski definition) is 15. The highest BCUT2D eigenvalue weighted by Crippen LogP contribution is 2.44. The number of hydrogen-bond donors (Lipinski definition) is 7. The van der Waals surface area contributed by atoms with Crippen LogP contribution in [0.15, 0.2) is 27.4 Å². The van der Waals surface area contributed by atoms with Gasteiger partial charge in [0.2, 0.25) is 6.29 Å². The molecular formula is C29H36O15. The molecule has 5 rings (SSSR count). The van der Waals surface area contributed by atoms with Crippen molar-refractivity contribution in [3.05, 3.63) is 39.9 Å². The first-order chi connectivity index (χ1) is 20.9. The van der Waals surface area contributed by atoms with Crippen LogP contribution in [0.1, 0.15) is 11.3 Å². The maximum atomic E-state index is 12.9. The quantitative estimate of drug-likeness (QED) is 0.143. The van der Waals surface area contributed by atoms with Gasteiger partial charge < -0.3 is 68.6 Å². The fraction of sp³-hybridized carbons (Fsp3) is 0.552. The van der Waals surface area contributed by atoms with Crippen LogP contribution in [0.3, 0.4) is 0 Å². The second-order valence-electron chi connectivity index (χ2n) is 10.8. The summed E-state index contributed by atoms with van der Waals surface area (Å²) >= 11 is 0. The molecule has 242 valence electrons. The van der Waals surface area contributed by atoms with Crippen molar-refractivity contribution in [3.63, 3.8) is 0 Å². The van der Waals surface area contributed by atoms with Crippen molar-refractivity contribution in [2.24, 2.45) is 0 Å². The van der Waals surface area contributed by atoms with E-state index in [2.05, 4.69) is 0 Å². The summed E-state index contributed by atoms with van der Waals surface area (Å²) < 4.78 is 39.2. The third-order valence-electron chi connectivity index (χ3n) is 8.01. The number of aliphatic hydroxyl groups excluding tert-OH is 7. The molecule has 0 saturated carbocycles. The highest BCUT2D eigenvalue weighted by molar-refractivity contribution is 6.10. The molecule has 3 aromatic rings. The molecule has 2 fully saturated rings. The minimum absolute atomic E-state index is 0.0817. The van der Waals surface area contributed by atoms with E-state index >= 15 is 0 Å². The van der Waals surface area contributed by atoms with Crippen LogP contribution in [0.2, 0.25) is 0 Å². The maximum Gasteiger partial charge on any atom is 0.344 e. The number of benzene rings is 2. The zero-order valence-corrected chi connectivity index (χ0v) is 24.3. The van der Waals surface area contributed by atoms with E-state index in [9.17, 15) is 40.5 Å². The first-order valence-corrected chi connectivity index (χ1v) is 13.8. The third kappa shape index (κ3) is 5.60. The van der Waals surface area contributed by atoms with Gasteiger partial charge >= 0.3 is 5.63 Å². The molecule has 10 unspecified atom stereocenters. The van der Waals surface area contributed by atoms with E-state index in [4.69, 9.17) is 32.8 Å². The van der Waals surface area contributed by atoms with E-state index in [1.165, 1.54) is 20.3 Å². The second-order valence-corrected chi connectivity index (χ2v) is 10.8. The van der Waals surface area contributed by atoms with E-state index in [1.807, 2.05) is 0 Å². The van der Waals surface area contributed by atoms with E-state index in [0.29, 0.717) is 39.0 Å². The van der Waals surface area contributed by atoms with Crippen LogP contribution in [0.25, 0.3) is 21.5 Å². The van der Waals surface area contributed by atoms with Gasteiger partial charge in [0.1, 0.15) is 71.8 Å². The van der Waals surface area contributed by atoms with Crippen LogP contribution < -0.4 is 19.8 Å². The summed E-state index contributed by atoms with van der Waals surface area (Å²) in [4.78, 5) is 12.9. The monoisotopic (exact) mass is 624 g/mol. The van der Waals surface area contributed by atoms with Crippen LogP contribution in [0.5, 0.6) is 17.2 Å². The molecule has 44 heavy (non-hydrogen) atoms. The topological polar surface area (TPSA) is 227 Å². The zero-order valence-electron chi connectivity index (χ0n) is 24.3. The SMILES string of the molecule is COc1cc(OC2OC(COC3OC(CO)C(O)C(O)C3O)C(O)C(O)C2O)c2c(C)c3c(=O)oc(C)cc3c(OC)c2c1. The Kier molecular flexibility index (Phi) is 9.34. The standard InChI is InChI=1S/C29H36O15/c1-10-5-13-19(27(37)41-10)11(2)18-14(26(13)39-4)6-12(38-3)7-15(18)42-29-25(36)23(34)21(32)17(44-29)9-40-28-24(35)22(33)20(31)16(8-30)43-28/h5-7,16-17,20-25,28-36H,8-9H2,1-4H3. The Hall–Kier alpha value is -3.09. The molecule has 2 aromatic carbocycles. The van der Waals surface area contributed by atoms with Gasteiger partial charge in [0.15, 0.2) is 6.29 Å². The molecule has 2 aliphatic heterocycles. The van der Waals surface area contributed by atoms with Crippen molar-refractivity contribution >= 4 is 21.5 Å². The van der Waals surface area contributed by atoms with E-state index in [1.54, 1.807) is 26.0 Å². The molecule has 2 aliphatic rings. The Morgan fingerprint density at radius 3 is 2.00 bits per heavy atom. The Morgan fingerprint density at radius 2 is 1.36 bits per heavy atom. The van der Waals surface area contributed by atoms with Crippen LogP contribution in [-0.4, -0.2) is 125 Å². The molecule has 0 radical (unpaired) electrons. The van der Waals surface area contributed by atoms with Crippen LogP contribution in [-0.2, 0) is 14.2 Å². The lowest BCUT2D eigenvalue weighted by Crippen LogP contribution is -2.62. The Bertz CT molecular complexity index is 1550. The van der Waals surface area contributed by atoms with Crippen molar-refractivity contribution in [2.45, 2.75) is 75.3 Å². The first-order valence-electron chi connectivity index (χ1n) is 13.8. The minimum Gasteiger partial charge on any atom is -0.497 e. The molecular weight excluding hydrogens is 588 g/mol. The Labute approximate surface area is 250 Å². The number of fused-ring (bicyclic) bond motifs is 2. The van der Waals surface area contributed by atoms with Crippen molar-refractivity contribution < 1.29 is 68.6 Å². The summed E-state index contributed by atoms with van der Waals surface area (Å²) in [6.07, 6.45) is -16.0. The fourth-order valence-electron chi connectivity index (χ4n) is 5.67. The summed E-state index contributed by atoms with van der Waals surface area (Å²) in [6, 6.07) is 4.85. The first kappa shape index (κ1) is 32.3. The van der Waals surface area contributed by atoms with Gasteiger partial charge in [-0.2, -0.15) is 0 Å². The van der Waals surface area contributed by atoms with Crippen molar-refractivity contribution in [3.8, 4) is 17.2 Å². The van der Waals surface area contributed by atoms with Gasteiger partial charge in [0.05, 0.1) is 32.8 Å². The minimum atomic E-state index is -1.78. The summed E-state index contributed by atoms with van der Waals surface area (Å²) in [5.74, 6) is 1.13. The van der Waals surface area contributed by atoms with Gasteiger partial charge in [-0.15, -0.1) is 0 Å². The maximum absolute atomic E-state index is 12.9. The van der Waals surface area contributed by atoms with Crippen LogP contribution in [0.4, 0.5) is 0 Å². The molecule has 0 spiro atoms. The third-order valence-corrected chi connectivity index (χ3v) is 8.01. The number of aryl methyl sites for hydroxylation is 2. The zero-order chi connectivity index (χ0) is 32.0. The predicted octanol–water partition coefficient (Wildman–Crippen LogP) is -1.42. The number of methoxy groups -OCH3 is 2. The van der Waals surface area contributed by atoms with E-state index < -0.39 is 80.3 Å². The van der Waals surface area contributed by atoms with Gasteiger partial charge in [-0.25, -0.2) is 4.79 Å². The molecule has 2 saturated heterocycles. The smallest absolute Gasteiger partial charge is 0.344 e.